The van der Waals surface area contributed by atoms with Gasteiger partial charge in [-0.15, -0.1) is 13.2 Å². The number of hydrogen-bond acceptors (Lipinski definition) is 3. The van der Waals surface area contributed by atoms with Gasteiger partial charge in [-0.05, 0) is 6.07 Å². The van der Waals surface area contributed by atoms with Crippen molar-refractivity contribution in [2.24, 2.45) is 0 Å². The highest BCUT2D eigenvalue weighted by molar-refractivity contribution is 4.95. The molecule has 1 rings (SSSR count). The van der Waals surface area contributed by atoms with Gasteiger partial charge in [0.15, 0.2) is 0 Å². The minimum Gasteiger partial charge on any atom is -0.285 e. The molecule has 0 aliphatic carbocycles. The number of halogens is 3. The van der Waals surface area contributed by atoms with Crippen molar-refractivity contribution in [2.45, 2.75) is 13.0 Å². The standard InChI is InChI=1S/C6H5F3N2O/c7-6(8,9)12-3-5-1-2-10-4-11-5/h1-2,4H,3H2. The molecule has 0 atom stereocenters. The maximum atomic E-state index is 11.5. The van der Waals surface area contributed by atoms with Crippen LogP contribution in [0.2, 0.25) is 0 Å². The van der Waals surface area contributed by atoms with Crippen LogP contribution < -0.4 is 0 Å². The molecule has 0 saturated carbocycles. The van der Waals surface area contributed by atoms with Gasteiger partial charge < -0.3 is 0 Å². The molecule has 0 aromatic carbocycles. The monoisotopic (exact) mass is 178 g/mol. The Hall–Kier alpha value is -1.17. The van der Waals surface area contributed by atoms with E-state index in [1.807, 2.05) is 0 Å². The van der Waals surface area contributed by atoms with Crippen LogP contribution in [0.3, 0.4) is 0 Å². The largest absolute Gasteiger partial charge is 0.522 e. The van der Waals surface area contributed by atoms with E-state index in [2.05, 4.69) is 14.7 Å². The Bertz CT molecular complexity index is 236. The molecule has 0 fully saturated rings. The predicted molar refractivity (Wildman–Crippen MR) is 32.9 cm³/mol. The summed E-state index contributed by atoms with van der Waals surface area (Å²) in [6.07, 6.45) is -2.10. The van der Waals surface area contributed by atoms with E-state index in [0.29, 0.717) is 0 Å². The summed E-state index contributed by atoms with van der Waals surface area (Å²) in [7, 11) is 0. The topological polar surface area (TPSA) is 35.0 Å². The summed E-state index contributed by atoms with van der Waals surface area (Å²) in [4.78, 5) is 7.09. The molecule has 0 aliphatic rings. The van der Waals surface area contributed by atoms with Crippen molar-refractivity contribution in [1.82, 2.24) is 9.97 Å². The molecule has 1 heterocycles. The molecule has 0 amide bonds. The summed E-state index contributed by atoms with van der Waals surface area (Å²) in [5.41, 5.74) is 0.197. The summed E-state index contributed by atoms with van der Waals surface area (Å²) >= 11 is 0. The van der Waals surface area contributed by atoms with Gasteiger partial charge in [-0.1, -0.05) is 0 Å². The van der Waals surface area contributed by atoms with Gasteiger partial charge in [0.05, 0.1) is 12.3 Å². The Morgan fingerprint density at radius 2 is 2.17 bits per heavy atom. The highest BCUT2D eigenvalue weighted by Gasteiger charge is 2.28. The SMILES string of the molecule is FC(F)(F)OCc1ccncn1. The lowest BCUT2D eigenvalue weighted by Crippen LogP contribution is -2.13. The molecule has 0 aliphatic heterocycles. The zero-order chi connectivity index (χ0) is 9.03. The van der Waals surface area contributed by atoms with E-state index in [9.17, 15) is 13.2 Å². The van der Waals surface area contributed by atoms with Gasteiger partial charge in [0.1, 0.15) is 6.33 Å². The van der Waals surface area contributed by atoms with E-state index in [0.717, 1.165) is 6.33 Å². The third-order valence-corrected chi connectivity index (χ3v) is 1.03. The molecular weight excluding hydrogens is 173 g/mol. The molecule has 0 saturated heterocycles. The fourth-order valence-electron chi connectivity index (χ4n) is 0.559. The Labute approximate surface area is 66.2 Å². The van der Waals surface area contributed by atoms with Crippen LogP contribution in [0.25, 0.3) is 0 Å². The van der Waals surface area contributed by atoms with E-state index in [-0.39, 0.29) is 5.69 Å². The molecular formula is C6H5F3N2O. The van der Waals surface area contributed by atoms with E-state index in [4.69, 9.17) is 0 Å². The van der Waals surface area contributed by atoms with Crippen molar-refractivity contribution in [1.29, 1.82) is 0 Å². The third kappa shape index (κ3) is 3.29. The van der Waals surface area contributed by atoms with E-state index < -0.39 is 13.0 Å². The van der Waals surface area contributed by atoms with Crippen molar-refractivity contribution >= 4 is 0 Å². The maximum Gasteiger partial charge on any atom is 0.522 e. The number of alkyl halides is 3. The second-order valence-electron chi connectivity index (χ2n) is 1.94. The van der Waals surface area contributed by atoms with E-state index >= 15 is 0 Å². The van der Waals surface area contributed by atoms with Crippen molar-refractivity contribution in [3.63, 3.8) is 0 Å². The number of ether oxygens (including phenoxy) is 1. The van der Waals surface area contributed by atoms with Crippen LogP contribution in [-0.2, 0) is 11.3 Å². The summed E-state index contributed by atoms with van der Waals surface area (Å²) in [6, 6.07) is 1.35. The van der Waals surface area contributed by atoms with Crippen molar-refractivity contribution < 1.29 is 17.9 Å². The maximum absolute atomic E-state index is 11.5. The minimum absolute atomic E-state index is 0.197. The van der Waals surface area contributed by atoms with E-state index in [1.54, 1.807) is 0 Å². The van der Waals surface area contributed by atoms with Gasteiger partial charge in [0.2, 0.25) is 0 Å². The second kappa shape index (κ2) is 3.48. The van der Waals surface area contributed by atoms with Gasteiger partial charge in [-0.3, -0.25) is 4.74 Å². The average molecular weight is 178 g/mol. The Kier molecular flexibility index (Phi) is 2.59. The highest BCUT2D eigenvalue weighted by Crippen LogP contribution is 2.17. The lowest BCUT2D eigenvalue weighted by molar-refractivity contribution is -0.330. The molecule has 6 heteroatoms. The molecule has 66 valence electrons. The van der Waals surface area contributed by atoms with Crippen LogP contribution in [0.1, 0.15) is 5.69 Å². The molecule has 1 aromatic rings. The smallest absolute Gasteiger partial charge is 0.285 e. The van der Waals surface area contributed by atoms with Crippen molar-refractivity contribution in [3.8, 4) is 0 Å². The number of aromatic nitrogens is 2. The first-order valence-corrected chi connectivity index (χ1v) is 3.03. The normalized spacial score (nSPS) is 11.6. The third-order valence-electron chi connectivity index (χ3n) is 1.03. The van der Waals surface area contributed by atoms with Crippen LogP contribution in [0.4, 0.5) is 13.2 Å². The number of nitrogens with zero attached hydrogens (tertiary/aromatic N) is 2. The molecule has 0 N–H and O–H groups in total. The van der Waals surface area contributed by atoms with Gasteiger partial charge in [0, 0.05) is 6.20 Å². The molecule has 12 heavy (non-hydrogen) atoms. The molecule has 3 nitrogen and oxygen atoms in total. The quantitative estimate of drug-likeness (QED) is 0.688. The molecule has 0 bridgehead atoms. The van der Waals surface area contributed by atoms with Crippen LogP contribution in [-0.4, -0.2) is 16.3 Å². The molecule has 1 aromatic heterocycles. The van der Waals surface area contributed by atoms with E-state index in [1.165, 1.54) is 12.3 Å². The minimum atomic E-state index is -4.61. The first-order chi connectivity index (χ1) is 5.58. The molecule has 0 radical (unpaired) electrons. The van der Waals surface area contributed by atoms with Crippen molar-refractivity contribution in [2.75, 3.05) is 0 Å². The molecule has 0 unspecified atom stereocenters. The van der Waals surface area contributed by atoms with Crippen LogP contribution in [0.5, 0.6) is 0 Å². The average Bonchev–Trinajstić information content (AvgIpc) is 2.02. The lowest BCUT2D eigenvalue weighted by Gasteiger charge is -2.05. The zero-order valence-electron chi connectivity index (χ0n) is 5.88. The van der Waals surface area contributed by atoms with Gasteiger partial charge >= 0.3 is 6.36 Å². The predicted octanol–water partition coefficient (Wildman–Crippen LogP) is 1.51. The van der Waals surface area contributed by atoms with Crippen LogP contribution in [0.15, 0.2) is 18.6 Å². The highest BCUT2D eigenvalue weighted by atomic mass is 19.4. The van der Waals surface area contributed by atoms with Gasteiger partial charge in [-0.25, -0.2) is 9.97 Å². The Morgan fingerprint density at radius 3 is 2.67 bits per heavy atom. The number of rotatable bonds is 2. The number of hydrogen-bond donors (Lipinski definition) is 0. The molecule has 0 spiro atoms. The van der Waals surface area contributed by atoms with Gasteiger partial charge in [-0.2, -0.15) is 0 Å². The summed E-state index contributed by atoms with van der Waals surface area (Å²) in [6.45, 7) is -0.577. The first-order valence-electron chi connectivity index (χ1n) is 3.03. The zero-order valence-corrected chi connectivity index (χ0v) is 5.88. The Balaban J connectivity index is 2.44. The van der Waals surface area contributed by atoms with Crippen molar-refractivity contribution in [3.05, 3.63) is 24.3 Å². The Morgan fingerprint density at radius 1 is 1.42 bits per heavy atom. The van der Waals surface area contributed by atoms with Crippen LogP contribution in [0, 0.1) is 0 Å². The van der Waals surface area contributed by atoms with Gasteiger partial charge in [0.25, 0.3) is 0 Å². The van der Waals surface area contributed by atoms with Crippen LogP contribution >= 0.6 is 0 Å². The fourth-order valence-corrected chi connectivity index (χ4v) is 0.559. The lowest BCUT2D eigenvalue weighted by atomic mass is 10.4. The summed E-state index contributed by atoms with van der Waals surface area (Å²) in [5.74, 6) is 0. The first kappa shape index (κ1) is 8.92. The summed E-state index contributed by atoms with van der Waals surface area (Å²) < 4.78 is 38.0. The fraction of sp³-hybridized carbons (Fsp3) is 0.333. The second-order valence-corrected chi connectivity index (χ2v) is 1.94. The summed E-state index contributed by atoms with van der Waals surface area (Å²) in [5, 5.41) is 0.